The molecule has 0 aliphatic carbocycles. The maximum atomic E-state index is 13.0. The molecule has 11 heteroatoms. The van der Waals surface area contributed by atoms with Gasteiger partial charge in [-0.05, 0) is 134 Å². The number of hydrogen-bond acceptors (Lipinski definition) is 11. The summed E-state index contributed by atoms with van der Waals surface area (Å²) in [5.41, 5.74) is 0. The molecule has 1 fully saturated rings. The SMILES string of the molecule is CCCC(CCC)COC(CCCCC(=O)OCC(COC(=O)CCCCC(OCC(CCC)CCC)OCC(CCC)CCC)COC(=O)C1CCN(C)C1)OCC(CCC)CCC. The maximum Gasteiger partial charge on any atom is 0.310 e. The van der Waals surface area contributed by atoms with Gasteiger partial charge in [-0.25, -0.2) is 0 Å². The lowest BCUT2D eigenvalue weighted by atomic mass is 9.99. The number of carbonyl (C=O) groups excluding carboxylic acids is 3. The van der Waals surface area contributed by atoms with Gasteiger partial charge in [0.15, 0.2) is 12.6 Å². The smallest absolute Gasteiger partial charge is 0.310 e. The Morgan fingerprint density at radius 1 is 0.431 bits per heavy atom. The van der Waals surface area contributed by atoms with Gasteiger partial charge < -0.3 is 38.1 Å². The normalized spacial score (nSPS) is 14.7. The number of esters is 3. The fraction of sp³-hybridized carbons (Fsp3) is 0.944. The molecular weight excluding hydrogens is 823 g/mol. The zero-order valence-electron chi connectivity index (χ0n) is 43.7. The van der Waals surface area contributed by atoms with Crippen LogP contribution in [0.25, 0.3) is 0 Å². The van der Waals surface area contributed by atoms with Gasteiger partial charge in [0.25, 0.3) is 0 Å². The predicted octanol–water partition coefficient (Wildman–Crippen LogP) is 12.9. The van der Waals surface area contributed by atoms with E-state index in [1.165, 1.54) is 0 Å². The Hall–Kier alpha value is -1.79. The van der Waals surface area contributed by atoms with E-state index in [4.69, 9.17) is 33.2 Å². The van der Waals surface area contributed by atoms with Crippen molar-refractivity contribution < 1.29 is 47.5 Å². The highest BCUT2D eigenvalue weighted by Gasteiger charge is 2.29. The van der Waals surface area contributed by atoms with Crippen molar-refractivity contribution >= 4 is 17.9 Å². The van der Waals surface area contributed by atoms with Gasteiger partial charge in [0.05, 0.1) is 38.3 Å². The number of ether oxygens (including phenoxy) is 7. The molecule has 0 aromatic rings. The van der Waals surface area contributed by atoms with Gasteiger partial charge in [0, 0.05) is 19.4 Å². The Bertz CT molecular complexity index is 1010. The second-order valence-electron chi connectivity index (χ2n) is 19.6. The molecule has 0 aromatic heterocycles. The van der Waals surface area contributed by atoms with E-state index in [1.807, 2.05) is 7.05 Å². The number of nitrogens with zero attached hydrogens (tertiary/aromatic N) is 1. The van der Waals surface area contributed by atoms with Crippen LogP contribution in [-0.4, -0.2) is 102 Å². The summed E-state index contributed by atoms with van der Waals surface area (Å²) in [6.07, 6.45) is 23.4. The molecule has 1 rings (SSSR count). The molecule has 0 N–H and O–H groups in total. The zero-order chi connectivity index (χ0) is 47.9. The monoisotopic (exact) mass is 926 g/mol. The van der Waals surface area contributed by atoms with Crippen molar-refractivity contribution in [3.8, 4) is 0 Å². The molecule has 1 aliphatic heterocycles. The Kier molecular flexibility index (Phi) is 38.8. The van der Waals surface area contributed by atoms with E-state index in [-0.39, 0.29) is 69.1 Å². The first-order valence-electron chi connectivity index (χ1n) is 27.2. The fourth-order valence-electron chi connectivity index (χ4n) is 9.23. The van der Waals surface area contributed by atoms with Crippen molar-refractivity contribution in [2.75, 3.05) is 66.4 Å². The first-order chi connectivity index (χ1) is 31.5. The molecule has 1 heterocycles. The number of carbonyl (C=O) groups is 3. The summed E-state index contributed by atoms with van der Waals surface area (Å²) < 4.78 is 42.8. The molecular formula is C54H103NO10. The highest BCUT2D eigenvalue weighted by atomic mass is 16.7. The van der Waals surface area contributed by atoms with Crippen LogP contribution in [0.2, 0.25) is 0 Å². The molecule has 0 radical (unpaired) electrons. The molecule has 0 aromatic carbocycles. The van der Waals surface area contributed by atoms with Gasteiger partial charge in [0.2, 0.25) is 0 Å². The molecule has 11 nitrogen and oxygen atoms in total. The van der Waals surface area contributed by atoms with E-state index >= 15 is 0 Å². The lowest BCUT2D eigenvalue weighted by molar-refractivity contribution is -0.163. The lowest BCUT2D eigenvalue weighted by Gasteiger charge is -2.25. The minimum Gasteiger partial charge on any atom is -0.465 e. The van der Waals surface area contributed by atoms with E-state index in [0.717, 1.165) is 141 Å². The fourth-order valence-corrected chi connectivity index (χ4v) is 9.23. The standard InChI is InChI=1S/C54H103NO10/c1-10-22-44(23-11-2)37-61-52(62-38-45(24-12-3)25-13-4)32-20-18-30-50(56)59-41-48(43-65-54(58)49-34-35-55(9)36-49)42-60-51(57)31-19-21-33-53(63-39-46(26-14-5)27-15-6)64-40-47(28-16-7)29-17-8/h44-49,52-53H,10-43H2,1-9H3. The van der Waals surface area contributed by atoms with Crippen LogP contribution < -0.4 is 0 Å². The van der Waals surface area contributed by atoms with Gasteiger partial charge in [-0.3, -0.25) is 14.4 Å². The van der Waals surface area contributed by atoms with Gasteiger partial charge in [0.1, 0.15) is 19.8 Å². The van der Waals surface area contributed by atoms with E-state index in [1.54, 1.807) is 0 Å². The summed E-state index contributed by atoms with van der Waals surface area (Å²) in [6, 6.07) is 0. The third-order valence-corrected chi connectivity index (χ3v) is 12.9. The largest absolute Gasteiger partial charge is 0.465 e. The molecule has 0 spiro atoms. The molecule has 0 saturated carbocycles. The van der Waals surface area contributed by atoms with Crippen LogP contribution in [-0.2, 0) is 47.5 Å². The van der Waals surface area contributed by atoms with Crippen LogP contribution >= 0.6 is 0 Å². The van der Waals surface area contributed by atoms with E-state index in [0.29, 0.717) is 69.5 Å². The van der Waals surface area contributed by atoms with E-state index in [2.05, 4.69) is 60.3 Å². The summed E-state index contributed by atoms with van der Waals surface area (Å²) in [7, 11) is 2.00. The summed E-state index contributed by atoms with van der Waals surface area (Å²) >= 11 is 0. The highest BCUT2D eigenvalue weighted by Crippen LogP contribution is 2.23. The Morgan fingerprint density at radius 2 is 0.754 bits per heavy atom. The third kappa shape index (κ3) is 31.8. The number of unbranched alkanes of at least 4 members (excludes halogenated alkanes) is 2. The van der Waals surface area contributed by atoms with E-state index in [9.17, 15) is 14.4 Å². The molecule has 384 valence electrons. The Morgan fingerprint density at radius 3 is 1.05 bits per heavy atom. The molecule has 1 atom stereocenters. The minimum absolute atomic E-state index is 0.00969. The maximum absolute atomic E-state index is 13.0. The van der Waals surface area contributed by atoms with Crippen molar-refractivity contribution in [2.24, 2.45) is 35.5 Å². The molecule has 1 aliphatic rings. The van der Waals surface area contributed by atoms with Crippen LogP contribution in [0.15, 0.2) is 0 Å². The topological polar surface area (TPSA) is 119 Å². The van der Waals surface area contributed by atoms with Gasteiger partial charge in [-0.15, -0.1) is 0 Å². The summed E-state index contributed by atoms with van der Waals surface area (Å²) in [4.78, 5) is 41.1. The van der Waals surface area contributed by atoms with Crippen LogP contribution in [0.3, 0.4) is 0 Å². The summed E-state index contributed by atoms with van der Waals surface area (Å²) in [5, 5.41) is 0. The molecule has 65 heavy (non-hydrogen) atoms. The second kappa shape index (κ2) is 41.2. The highest BCUT2D eigenvalue weighted by molar-refractivity contribution is 5.73. The Labute approximate surface area is 399 Å². The number of likely N-dealkylation sites (tertiary alicyclic amines) is 1. The first-order valence-corrected chi connectivity index (χ1v) is 27.2. The summed E-state index contributed by atoms with van der Waals surface area (Å²) in [5.74, 6) is 0.623. The third-order valence-electron chi connectivity index (χ3n) is 12.9. The summed E-state index contributed by atoms with van der Waals surface area (Å²) in [6.45, 7) is 22.2. The molecule has 1 saturated heterocycles. The van der Waals surface area contributed by atoms with Crippen molar-refractivity contribution in [3.05, 3.63) is 0 Å². The van der Waals surface area contributed by atoms with Crippen LogP contribution in [0, 0.1) is 35.5 Å². The zero-order valence-corrected chi connectivity index (χ0v) is 43.7. The van der Waals surface area contributed by atoms with Gasteiger partial charge in [-0.1, -0.05) is 107 Å². The average molecular weight is 926 g/mol. The molecule has 0 amide bonds. The van der Waals surface area contributed by atoms with Gasteiger partial charge in [-0.2, -0.15) is 0 Å². The number of rotatable bonds is 45. The van der Waals surface area contributed by atoms with Crippen molar-refractivity contribution in [3.63, 3.8) is 0 Å². The average Bonchev–Trinajstić information content (AvgIpc) is 3.73. The van der Waals surface area contributed by atoms with Crippen LogP contribution in [0.1, 0.15) is 216 Å². The van der Waals surface area contributed by atoms with Gasteiger partial charge >= 0.3 is 17.9 Å². The van der Waals surface area contributed by atoms with E-state index < -0.39 is 5.92 Å². The lowest BCUT2D eigenvalue weighted by Crippen LogP contribution is -2.29. The quantitative estimate of drug-likeness (QED) is 0.0251. The molecule has 0 bridgehead atoms. The van der Waals surface area contributed by atoms with Crippen LogP contribution in [0.5, 0.6) is 0 Å². The Balaban J connectivity index is 2.77. The van der Waals surface area contributed by atoms with Crippen molar-refractivity contribution in [1.29, 1.82) is 0 Å². The first kappa shape index (κ1) is 61.2. The predicted molar refractivity (Wildman–Crippen MR) is 264 cm³/mol. The minimum atomic E-state index is -0.458. The van der Waals surface area contributed by atoms with Crippen molar-refractivity contribution in [1.82, 2.24) is 4.90 Å². The number of hydrogen-bond donors (Lipinski definition) is 0. The van der Waals surface area contributed by atoms with Crippen molar-refractivity contribution in [2.45, 2.75) is 228 Å². The second-order valence-corrected chi connectivity index (χ2v) is 19.6. The molecule has 1 unspecified atom stereocenters. The van der Waals surface area contributed by atoms with Crippen LogP contribution in [0.4, 0.5) is 0 Å².